The summed E-state index contributed by atoms with van der Waals surface area (Å²) in [5.41, 5.74) is 5.51. The van der Waals surface area contributed by atoms with Crippen LogP contribution in [-0.4, -0.2) is 53.8 Å². The molecule has 0 saturated carbocycles. The van der Waals surface area contributed by atoms with Crippen molar-refractivity contribution in [2.45, 2.75) is 20.4 Å². The molecule has 1 aliphatic rings. The average molecular weight is 438 g/mol. The second-order valence-corrected chi connectivity index (χ2v) is 8.42. The average Bonchev–Trinajstić information content (AvgIpc) is 3.05. The van der Waals surface area contributed by atoms with Crippen molar-refractivity contribution in [2.75, 3.05) is 38.1 Å². The van der Waals surface area contributed by atoms with Gasteiger partial charge in [0.15, 0.2) is 0 Å². The van der Waals surface area contributed by atoms with E-state index in [1.54, 1.807) is 4.68 Å². The summed E-state index contributed by atoms with van der Waals surface area (Å²) in [5, 5.41) is 8.20. The van der Waals surface area contributed by atoms with Gasteiger partial charge in [-0.05, 0) is 56.8 Å². The van der Waals surface area contributed by atoms with Crippen molar-refractivity contribution in [3.05, 3.63) is 76.1 Å². The lowest BCUT2D eigenvalue weighted by atomic mass is 10.1. The van der Waals surface area contributed by atoms with Crippen LogP contribution in [-0.2, 0) is 6.54 Å². The first-order valence-corrected chi connectivity index (χ1v) is 10.9. The summed E-state index contributed by atoms with van der Waals surface area (Å²) < 4.78 is 1.80. The predicted molar refractivity (Wildman–Crippen MR) is 125 cm³/mol. The van der Waals surface area contributed by atoms with Gasteiger partial charge >= 0.3 is 0 Å². The van der Waals surface area contributed by atoms with Crippen molar-refractivity contribution >= 4 is 23.2 Å². The minimum Gasteiger partial charge on any atom is -0.369 e. The number of likely N-dealkylation sites (N-methyl/N-ethyl adjacent to an activating group) is 1. The molecule has 0 spiro atoms. The topological polar surface area (TPSA) is 53.4 Å². The standard InChI is InChI=1S/C24H28ClN5O/c1-17-23(25)18(2)30(27-17)21-10-8-19(9-11-21)24(31)26-16-20-6-4-5-7-22(20)29-14-12-28(3)13-15-29/h4-11H,12-16H2,1-3H3,(H,26,31). The first-order chi connectivity index (χ1) is 14.9. The van der Waals surface area contributed by atoms with Crippen molar-refractivity contribution in [3.63, 3.8) is 0 Å². The van der Waals surface area contributed by atoms with Crippen LogP contribution >= 0.6 is 11.6 Å². The van der Waals surface area contributed by atoms with Gasteiger partial charge in [-0.15, -0.1) is 0 Å². The Bertz CT molecular complexity index is 1070. The Labute approximate surface area is 188 Å². The van der Waals surface area contributed by atoms with Gasteiger partial charge in [0, 0.05) is 44.0 Å². The molecule has 0 radical (unpaired) electrons. The molecular weight excluding hydrogens is 410 g/mol. The van der Waals surface area contributed by atoms with Gasteiger partial charge in [0.25, 0.3) is 5.91 Å². The molecule has 4 rings (SSSR count). The van der Waals surface area contributed by atoms with Crippen LogP contribution in [0, 0.1) is 13.8 Å². The number of rotatable bonds is 5. The lowest BCUT2D eigenvalue weighted by molar-refractivity contribution is 0.0951. The number of piperazine rings is 1. The molecule has 2 heterocycles. The summed E-state index contributed by atoms with van der Waals surface area (Å²) in [6.07, 6.45) is 0. The highest BCUT2D eigenvalue weighted by molar-refractivity contribution is 6.31. The molecular formula is C24H28ClN5O. The summed E-state index contributed by atoms with van der Waals surface area (Å²) in [5.74, 6) is -0.0915. The van der Waals surface area contributed by atoms with E-state index in [2.05, 4.69) is 45.5 Å². The molecule has 31 heavy (non-hydrogen) atoms. The molecule has 0 atom stereocenters. The lowest BCUT2D eigenvalue weighted by Crippen LogP contribution is -2.45. The largest absolute Gasteiger partial charge is 0.369 e. The summed E-state index contributed by atoms with van der Waals surface area (Å²) in [7, 11) is 2.15. The Morgan fingerprint density at radius 3 is 2.35 bits per heavy atom. The molecule has 0 aliphatic carbocycles. The third-order valence-corrected chi connectivity index (χ3v) is 6.40. The van der Waals surface area contributed by atoms with E-state index in [1.807, 2.05) is 44.2 Å². The van der Waals surface area contributed by atoms with Crippen molar-refractivity contribution < 1.29 is 4.79 Å². The third-order valence-electron chi connectivity index (χ3n) is 5.85. The fourth-order valence-electron chi connectivity index (χ4n) is 3.92. The van der Waals surface area contributed by atoms with Crippen LogP contribution in [0.3, 0.4) is 0 Å². The Hall–Kier alpha value is -2.83. The molecule has 0 unspecified atom stereocenters. The highest BCUT2D eigenvalue weighted by atomic mass is 35.5. The number of halogens is 1. The predicted octanol–water partition coefficient (Wildman–Crippen LogP) is 3.82. The second-order valence-electron chi connectivity index (χ2n) is 8.05. The van der Waals surface area contributed by atoms with Crippen LogP contribution < -0.4 is 10.2 Å². The highest BCUT2D eigenvalue weighted by Crippen LogP contribution is 2.23. The zero-order valence-electron chi connectivity index (χ0n) is 18.2. The first-order valence-electron chi connectivity index (χ1n) is 10.6. The zero-order chi connectivity index (χ0) is 22.0. The molecule has 2 aromatic carbocycles. The summed E-state index contributed by atoms with van der Waals surface area (Å²) in [6, 6.07) is 15.7. The molecule has 6 nitrogen and oxygen atoms in total. The van der Waals surface area contributed by atoms with Gasteiger partial charge in [0.1, 0.15) is 0 Å². The first kappa shape index (κ1) is 21.4. The monoisotopic (exact) mass is 437 g/mol. The number of hydrogen-bond donors (Lipinski definition) is 1. The van der Waals surface area contributed by atoms with Crippen LogP contribution in [0.15, 0.2) is 48.5 Å². The molecule has 1 aromatic heterocycles. The number of para-hydroxylation sites is 1. The Balaban J connectivity index is 1.43. The van der Waals surface area contributed by atoms with E-state index in [0.717, 1.165) is 48.8 Å². The third kappa shape index (κ3) is 4.60. The summed E-state index contributed by atoms with van der Waals surface area (Å²) in [6.45, 7) is 8.41. The molecule has 1 aliphatic heterocycles. The fourth-order valence-corrected chi connectivity index (χ4v) is 4.04. The van der Waals surface area contributed by atoms with E-state index in [1.165, 1.54) is 5.69 Å². The minimum absolute atomic E-state index is 0.0915. The van der Waals surface area contributed by atoms with E-state index < -0.39 is 0 Å². The van der Waals surface area contributed by atoms with Crippen LogP contribution in [0.2, 0.25) is 5.02 Å². The summed E-state index contributed by atoms with van der Waals surface area (Å²) >= 11 is 6.25. The van der Waals surface area contributed by atoms with Gasteiger partial charge < -0.3 is 15.1 Å². The van der Waals surface area contributed by atoms with Gasteiger partial charge in [-0.2, -0.15) is 5.10 Å². The summed E-state index contributed by atoms with van der Waals surface area (Å²) in [4.78, 5) is 17.5. The molecule has 7 heteroatoms. The molecule has 1 saturated heterocycles. The van der Waals surface area contributed by atoms with Crippen molar-refractivity contribution in [1.29, 1.82) is 0 Å². The number of amides is 1. The maximum atomic E-state index is 12.7. The van der Waals surface area contributed by atoms with Crippen molar-refractivity contribution in [3.8, 4) is 5.69 Å². The number of aryl methyl sites for hydroxylation is 1. The van der Waals surface area contributed by atoms with Gasteiger partial charge in [-0.3, -0.25) is 4.79 Å². The number of carbonyl (C=O) groups excluding carboxylic acids is 1. The highest BCUT2D eigenvalue weighted by Gasteiger charge is 2.17. The molecule has 3 aromatic rings. The van der Waals surface area contributed by atoms with Crippen molar-refractivity contribution in [1.82, 2.24) is 20.0 Å². The quantitative estimate of drug-likeness (QED) is 0.659. The number of nitrogens with zero attached hydrogens (tertiary/aromatic N) is 4. The normalized spacial score (nSPS) is 14.6. The van der Waals surface area contributed by atoms with Gasteiger partial charge in [0.2, 0.25) is 0 Å². The number of benzene rings is 2. The van der Waals surface area contributed by atoms with Crippen LogP contribution in [0.5, 0.6) is 0 Å². The second kappa shape index (κ2) is 9.12. The van der Waals surface area contributed by atoms with E-state index in [4.69, 9.17) is 11.6 Å². The lowest BCUT2D eigenvalue weighted by Gasteiger charge is -2.35. The van der Waals surface area contributed by atoms with E-state index in [-0.39, 0.29) is 5.91 Å². The smallest absolute Gasteiger partial charge is 0.251 e. The van der Waals surface area contributed by atoms with Crippen LogP contribution in [0.1, 0.15) is 27.3 Å². The van der Waals surface area contributed by atoms with Crippen LogP contribution in [0.25, 0.3) is 5.69 Å². The molecule has 0 bridgehead atoms. The van der Waals surface area contributed by atoms with Gasteiger partial charge in [0.05, 0.1) is 22.1 Å². The molecule has 1 amide bonds. The van der Waals surface area contributed by atoms with Crippen LogP contribution in [0.4, 0.5) is 5.69 Å². The molecule has 1 N–H and O–H groups in total. The Kier molecular flexibility index (Phi) is 6.30. The zero-order valence-corrected chi connectivity index (χ0v) is 19.0. The number of hydrogen-bond acceptors (Lipinski definition) is 4. The maximum Gasteiger partial charge on any atom is 0.251 e. The Morgan fingerprint density at radius 1 is 1.03 bits per heavy atom. The van der Waals surface area contributed by atoms with Gasteiger partial charge in [-0.1, -0.05) is 29.8 Å². The van der Waals surface area contributed by atoms with Gasteiger partial charge in [-0.25, -0.2) is 4.68 Å². The SMILES string of the molecule is Cc1nn(-c2ccc(C(=O)NCc3ccccc3N3CCN(C)CC3)cc2)c(C)c1Cl. The van der Waals surface area contributed by atoms with E-state index >= 15 is 0 Å². The number of nitrogens with one attached hydrogen (secondary N) is 1. The number of carbonyl (C=O) groups is 1. The fraction of sp³-hybridized carbons (Fsp3) is 0.333. The van der Waals surface area contributed by atoms with Crippen molar-refractivity contribution in [2.24, 2.45) is 0 Å². The van der Waals surface area contributed by atoms with E-state index in [0.29, 0.717) is 17.1 Å². The van der Waals surface area contributed by atoms with E-state index in [9.17, 15) is 4.79 Å². The maximum absolute atomic E-state index is 12.7. The molecule has 1 fully saturated rings. The number of anilines is 1. The Morgan fingerprint density at radius 2 is 1.71 bits per heavy atom. The molecule has 162 valence electrons. The number of aromatic nitrogens is 2. The minimum atomic E-state index is -0.0915.